The third-order valence-electron chi connectivity index (χ3n) is 4.00. The van der Waals surface area contributed by atoms with Crippen LogP contribution in [0.15, 0.2) is 24.3 Å². The lowest BCUT2D eigenvalue weighted by atomic mass is 9.87. The van der Waals surface area contributed by atoms with E-state index in [1.807, 2.05) is 24.3 Å². The van der Waals surface area contributed by atoms with Crippen LogP contribution in [-0.4, -0.2) is 22.2 Å². The predicted molar refractivity (Wildman–Crippen MR) is 95.7 cm³/mol. The first kappa shape index (κ1) is 16.9. The van der Waals surface area contributed by atoms with Gasteiger partial charge in [0.05, 0.1) is 0 Å². The first-order valence-corrected chi connectivity index (χ1v) is 9.06. The van der Waals surface area contributed by atoms with Crippen molar-refractivity contribution in [1.82, 2.24) is 10.2 Å². The van der Waals surface area contributed by atoms with Gasteiger partial charge in [-0.15, -0.1) is 10.2 Å². The Morgan fingerprint density at radius 2 is 1.92 bits per heavy atom. The fraction of sp³-hybridized carbons (Fsp3) is 0.500. The van der Waals surface area contributed by atoms with Gasteiger partial charge in [0.2, 0.25) is 5.13 Å². The summed E-state index contributed by atoms with van der Waals surface area (Å²) < 4.78 is 5.73. The molecule has 6 heteroatoms. The van der Waals surface area contributed by atoms with Gasteiger partial charge in [0.25, 0.3) is 5.91 Å². The van der Waals surface area contributed by atoms with Crippen LogP contribution in [0.5, 0.6) is 5.75 Å². The lowest BCUT2D eigenvalue weighted by Crippen LogP contribution is -2.30. The van der Waals surface area contributed by atoms with Gasteiger partial charge < -0.3 is 4.74 Å². The number of amides is 1. The van der Waals surface area contributed by atoms with E-state index in [2.05, 4.69) is 36.3 Å². The molecule has 3 rings (SSSR count). The summed E-state index contributed by atoms with van der Waals surface area (Å²) in [6.45, 7) is 8.22. The molecule has 0 radical (unpaired) electrons. The van der Waals surface area contributed by atoms with Gasteiger partial charge in [-0.3, -0.25) is 10.1 Å². The lowest BCUT2D eigenvalue weighted by molar-refractivity contribution is -0.122. The minimum absolute atomic E-state index is 0.0959. The number of hydrogen-bond acceptors (Lipinski definition) is 5. The molecule has 0 unspecified atom stereocenters. The Kier molecular flexibility index (Phi) is 4.58. The van der Waals surface area contributed by atoms with Crippen LogP contribution in [0.25, 0.3) is 0 Å². The zero-order chi connectivity index (χ0) is 17.3. The Morgan fingerprint density at radius 3 is 2.50 bits per heavy atom. The quantitative estimate of drug-likeness (QED) is 0.885. The van der Waals surface area contributed by atoms with Crippen LogP contribution in [-0.2, 0) is 10.2 Å². The number of anilines is 1. The fourth-order valence-electron chi connectivity index (χ4n) is 2.28. The maximum Gasteiger partial charge on any atom is 0.266 e. The average molecular weight is 345 g/mol. The first-order chi connectivity index (χ1) is 11.3. The number of benzene rings is 1. The Hall–Kier alpha value is -1.95. The molecule has 1 aliphatic rings. The SMILES string of the molecule is C[C@H](Oc1ccc(C(C)(C)C)cc1)C(=O)Nc1nnc(C2CC2)s1. The second-order valence-corrected chi connectivity index (χ2v) is 8.25. The number of rotatable bonds is 5. The van der Waals surface area contributed by atoms with E-state index < -0.39 is 6.10 Å². The van der Waals surface area contributed by atoms with E-state index in [4.69, 9.17) is 4.74 Å². The first-order valence-electron chi connectivity index (χ1n) is 8.24. The molecule has 0 saturated heterocycles. The van der Waals surface area contributed by atoms with Gasteiger partial charge in [0.1, 0.15) is 10.8 Å². The molecule has 1 aromatic carbocycles. The maximum absolute atomic E-state index is 12.2. The molecule has 1 fully saturated rings. The highest BCUT2D eigenvalue weighted by Crippen LogP contribution is 2.42. The van der Waals surface area contributed by atoms with Crippen molar-refractivity contribution < 1.29 is 9.53 Å². The van der Waals surface area contributed by atoms with E-state index in [1.54, 1.807) is 6.92 Å². The molecule has 1 atom stereocenters. The highest BCUT2D eigenvalue weighted by atomic mass is 32.1. The molecule has 128 valence electrons. The fourth-order valence-corrected chi connectivity index (χ4v) is 3.19. The van der Waals surface area contributed by atoms with Crippen molar-refractivity contribution in [2.24, 2.45) is 0 Å². The summed E-state index contributed by atoms with van der Waals surface area (Å²) in [5.74, 6) is 1.01. The molecule has 1 aliphatic carbocycles. The summed E-state index contributed by atoms with van der Waals surface area (Å²) in [6, 6.07) is 7.88. The van der Waals surface area contributed by atoms with Crippen LogP contribution in [0.3, 0.4) is 0 Å². The minimum atomic E-state index is -0.598. The molecular weight excluding hydrogens is 322 g/mol. The van der Waals surface area contributed by atoms with Crippen LogP contribution >= 0.6 is 11.3 Å². The number of carbonyl (C=O) groups excluding carboxylic acids is 1. The van der Waals surface area contributed by atoms with Crippen LogP contribution < -0.4 is 10.1 Å². The van der Waals surface area contributed by atoms with Crippen molar-refractivity contribution in [2.45, 2.75) is 58.0 Å². The molecule has 0 aliphatic heterocycles. The van der Waals surface area contributed by atoms with E-state index in [0.29, 0.717) is 16.8 Å². The van der Waals surface area contributed by atoms with Gasteiger partial charge in [0, 0.05) is 5.92 Å². The minimum Gasteiger partial charge on any atom is -0.481 e. The zero-order valence-corrected chi connectivity index (χ0v) is 15.3. The number of carbonyl (C=O) groups is 1. The average Bonchev–Trinajstić information content (AvgIpc) is 3.27. The third kappa shape index (κ3) is 4.12. The van der Waals surface area contributed by atoms with E-state index >= 15 is 0 Å². The molecule has 0 spiro atoms. The second-order valence-electron chi connectivity index (χ2n) is 7.24. The molecule has 1 heterocycles. The Labute approximate surface area is 146 Å². The summed E-state index contributed by atoms with van der Waals surface area (Å²) >= 11 is 1.45. The summed E-state index contributed by atoms with van der Waals surface area (Å²) in [5, 5.41) is 12.5. The van der Waals surface area contributed by atoms with Gasteiger partial charge in [0.15, 0.2) is 6.10 Å². The van der Waals surface area contributed by atoms with Crippen molar-refractivity contribution in [3.05, 3.63) is 34.8 Å². The van der Waals surface area contributed by atoms with Gasteiger partial charge in [-0.1, -0.05) is 44.2 Å². The van der Waals surface area contributed by atoms with E-state index in [0.717, 1.165) is 5.01 Å². The van der Waals surface area contributed by atoms with Crippen LogP contribution in [0, 0.1) is 0 Å². The van der Waals surface area contributed by atoms with E-state index in [-0.39, 0.29) is 11.3 Å². The number of ether oxygens (including phenoxy) is 1. The maximum atomic E-state index is 12.2. The highest BCUT2D eigenvalue weighted by molar-refractivity contribution is 7.15. The standard InChI is InChI=1S/C18H23N3O2S/c1-11(23-14-9-7-13(8-10-14)18(2,3)4)15(22)19-17-21-20-16(24-17)12-5-6-12/h7-12H,5-6H2,1-4H3,(H,19,21,22)/t11-/m0/s1. The molecular formula is C18H23N3O2S. The van der Waals surface area contributed by atoms with Crippen LogP contribution in [0.2, 0.25) is 0 Å². The third-order valence-corrected chi connectivity index (χ3v) is 5.00. The van der Waals surface area contributed by atoms with Gasteiger partial charge in [-0.05, 0) is 42.9 Å². The normalized spacial score (nSPS) is 15.8. The van der Waals surface area contributed by atoms with Crippen molar-refractivity contribution in [3.63, 3.8) is 0 Å². The summed E-state index contributed by atoms with van der Waals surface area (Å²) in [7, 11) is 0. The monoisotopic (exact) mass is 345 g/mol. The van der Waals surface area contributed by atoms with E-state index in [9.17, 15) is 4.79 Å². The Bertz CT molecular complexity index is 715. The Balaban J connectivity index is 1.57. The number of nitrogens with zero attached hydrogens (tertiary/aromatic N) is 2. The second kappa shape index (κ2) is 6.51. The summed E-state index contributed by atoms with van der Waals surface area (Å²) in [4.78, 5) is 12.2. The lowest BCUT2D eigenvalue weighted by Gasteiger charge is -2.20. The molecule has 1 aromatic heterocycles. The molecule has 2 aromatic rings. The Morgan fingerprint density at radius 1 is 1.25 bits per heavy atom. The van der Waals surface area contributed by atoms with Gasteiger partial charge >= 0.3 is 0 Å². The number of nitrogens with one attached hydrogen (secondary N) is 1. The summed E-state index contributed by atoms with van der Waals surface area (Å²) in [6.07, 6.45) is 1.75. The highest BCUT2D eigenvalue weighted by Gasteiger charge is 2.28. The molecule has 1 amide bonds. The molecule has 1 saturated carbocycles. The molecule has 5 nitrogen and oxygen atoms in total. The smallest absolute Gasteiger partial charge is 0.266 e. The van der Waals surface area contributed by atoms with Crippen LogP contribution in [0.1, 0.15) is 57.0 Å². The van der Waals surface area contributed by atoms with Crippen molar-refractivity contribution >= 4 is 22.4 Å². The van der Waals surface area contributed by atoms with Crippen molar-refractivity contribution in [2.75, 3.05) is 5.32 Å². The van der Waals surface area contributed by atoms with Crippen molar-refractivity contribution in [3.8, 4) is 5.75 Å². The molecule has 0 bridgehead atoms. The molecule has 1 N–H and O–H groups in total. The van der Waals surface area contributed by atoms with Gasteiger partial charge in [-0.2, -0.15) is 0 Å². The zero-order valence-electron chi connectivity index (χ0n) is 14.5. The van der Waals surface area contributed by atoms with Crippen LogP contribution in [0.4, 0.5) is 5.13 Å². The number of hydrogen-bond donors (Lipinski definition) is 1. The number of aromatic nitrogens is 2. The topological polar surface area (TPSA) is 64.1 Å². The van der Waals surface area contributed by atoms with Crippen molar-refractivity contribution in [1.29, 1.82) is 0 Å². The molecule has 24 heavy (non-hydrogen) atoms. The largest absolute Gasteiger partial charge is 0.481 e. The van der Waals surface area contributed by atoms with E-state index in [1.165, 1.54) is 29.7 Å². The summed E-state index contributed by atoms with van der Waals surface area (Å²) in [5.41, 5.74) is 1.33. The van der Waals surface area contributed by atoms with Gasteiger partial charge in [-0.25, -0.2) is 0 Å². The predicted octanol–water partition coefficient (Wildman–Crippen LogP) is 4.12.